The maximum atomic E-state index is 12.6. The molecule has 4 rings (SSSR count). The highest BCUT2D eigenvalue weighted by atomic mass is 16.6. The van der Waals surface area contributed by atoms with Gasteiger partial charge in [-0.25, -0.2) is 4.99 Å². The van der Waals surface area contributed by atoms with Crippen molar-refractivity contribution >= 4 is 23.5 Å². The monoisotopic (exact) mass is 395 g/mol. The molecule has 2 aromatic carbocycles. The predicted octanol–water partition coefficient (Wildman–Crippen LogP) is 2.31. The van der Waals surface area contributed by atoms with E-state index in [4.69, 9.17) is 14.2 Å². The van der Waals surface area contributed by atoms with Crippen LogP contribution in [0.1, 0.15) is 24.1 Å². The van der Waals surface area contributed by atoms with Crippen molar-refractivity contribution in [1.29, 1.82) is 0 Å². The van der Waals surface area contributed by atoms with E-state index in [0.29, 0.717) is 24.0 Å². The molecule has 0 aromatic heterocycles. The first-order chi connectivity index (χ1) is 14.1. The maximum absolute atomic E-state index is 12.6. The van der Waals surface area contributed by atoms with Crippen LogP contribution in [0.25, 0.3) is 0 Å². The van der Waals surface area contributed by atoms with Gasteiger partial charge in [-0.3, -0.25) is 14.9 Å². The first-order valence-electron chi connectivity index (χ1n) is 9.25. The van der Waals surface area contributed by atoms with Crippen LogP contribution in [0.2, 0.25) is 0 Å². The molecule has 8 heteroatoms. The first kappa shape index (κ1) is 18.8. The molecular weight excluding hydrogens is 374 g/mol. The van der Waals surface area contributed by atoms with Crippen molar-refractivity contribution in [2.45, 2.75) is 19.5 Å². The van der Waals surface area contributed by atoms with Gasteiger partial charge < -0.3 is 19.1 Å². The van der Waals surface area contributed by atoms with Gasteiger partial charge in [0, 0.05) is 12.5 Å². The molecule has 0 bridgehead atoms. The summed E-state index contributed by atoms with van der Waals surface area (Å²) in [5, 5.41) is 2.87. The fourth-order valence-corrected chi connectivity index (χ4v) is 3.55. The van der Waals surface area contributed by atoms with Gasteiger partial charge in [0.25, 0.3) is 5.91 Å². The second-order valence-electron chi connectivity index (χ2n) is 6.65. The Balaban J connectivity index is 1.61. The van der Waals surface area contributed by atoms with E-state index in [1.54, 1.807) is 13.2 Å². The van der Waals surface area contributed by atoms with E-state index in [2.05, 4.69) is 10.3 Å². The smallest absolute Gasteiger partial charge is 0.302 e. The molecule has 1 saturated heterocycles. The molecule has 2 heterocycles. The van der Waals surface area contributed by atoms with Gasteiger partial charge in [-0.05, 0) is 17.7 Å². The average molecular weight is 395 g/mol. The number of nitrogens with zero attached hydrogens (tertiary/aromatic N) is 2. The molecule has 0 aliphatic carbocycles. The number of carbonyl (C=O) groups is 2. The predicted molar refractivity (Wildman–Crippen MR) is 105 cm³/mol. The summed E-state index contributed by atoms with van der Waals surface area (Å²) in [5.41, 5.74) is 2.44. The molecule has 1 amide bonds. The van der Waals surface area contributed by atoms with Gasteiger partial charge in [-0.2, -0.15) is 0 Å². The fourth-order valence-electron chi connectivity index (χ4n) is 3.55. The lowest BCUT2D eigenvalue weighted by Crippen LogP contribution is -2.33. The molecule has 8 nitrogen and oxygen atoms in total. The molecule has 1 unspecified atom stereocenters. The molecule has 2 aliphatic rings. The van der Waals surface area contributed by atoms with Crippen molar-refractivity contribution in [3.63, 3.8) is 0 Å². The SMILES string of the molecule is COc1c(OCCOC(C)=O)ccc2c1CN1C(=N2)NC(=O)C1c1ccccc1. The quantitative estimate of drug-likeness (QED) is 0.596. The van der Waals surface area contributed by atoms with Crippen molar-refractivity contribution in [2.24, 2.45) is 4.99 Å². The molecule has 150 valence electrons. The van der Waals surface area contributed by atoms with Crippen LogP contribution in [-0.2, 0) is 20.9 Å². The molecule has 1 atom stereocenters. The Bertz CT molecular complexity index is 974. The number of amides is 1. The van der Waals surface area contributed by atoms with Crippen LogP contribution in [-0.4, -0.2) is 43.1 Å². The number of ether oxygens (including phenoxy) is 3. The van der Waals surface area contributed by atoms with Crippen LogP contribution >= 0.6 is 0 Å². The second-order valence-corrected chi connectivity index (χ2v) is 6.65. The van der Waals surface area contributed by atoms with E-state index in [-0.39, 0.29) is 25.1 Å². The van der Waals surface area contributed by atoms with E-state index in [9.17, 15) is 9.59 Å². The highest BCUT2D eigenvalue weighted by molar-refractivity contribution is 6.08. The summed E-state index contributed by atoms with van der Waals surface area (Å²) >= 11 is 0. The third-order valence-electron chi connectivity index (χ3n) is 4.79. The summed E-state index contributed by atoms with van der Waals surface area (Å²) in [6.07, 6.45) is 0. The lowest BCUT2D eigenvalue weighted by Gasteiger charge is -2.29. The minimum atomic E-state index is -0.457. The Morgan fingerprint density at radius 3 is 2.72 bits per heavy atom. The van der Waals surface area contributed by atoms with Gasteiger partial charge in [0.15, 0.2) is 11.5 Å². The third kappa shape index (κ3) is 3.61. The molecular formula is C21H21N3O5. The lowest BCUT2D eigenvalue weighted by atomic mass is 10.0. The molecule has 0 saturated carbocycles. The van der Waals surface area contributed by atoms with Crippen LogP contribution < -0.4 is 14.8 Å². The number of fused-ring (bicyclic) bond motifs is 2. The van der Waals surface area contributed by atoms with Crippen LogP contribution in [0, 0.1) is 0 Å². The van der Waals surface area contributed by atoms with Crippen LogP contribution in [0.4, 0.5) is 5.69 Å². The zero-order valence-electron chi connectivity index (χ0n) is 16.2. The summed E-state index contributed by atoms with van der Waals surface area (Å²) in [6, 6.07) is 12.7. The van der Waals surface area contributed by atoms with Crippen molar-refractivity contribution < 1.29 is 23.8 Å². The Morgan fingerprint density at radius 1 is 1.21 bits per heavy atom. The minimum absolute atomic E-state index is 0.112. The zero-order chi connectivity index (χ0) is 20.4. The molecule has 1 N–H and O–H groups in total. The second kappa shape index (κ2) is 7.83. The van der Waals surface area contributed by atoms with E-state index < -0.39 is 6.04 Å². The van der Waals surface area contributed by atoms with Crippen molar-refractivity contribution in [3.05, 3.63) is 53.6 Å². The molecule has 2 aromatic rings. The third-order valence-corrected chi connectivity index (χ3v) is 4.79. The van der Waals surface area contributed by atoms with Crippen LogP contribution in [0.5, 0.6) is 11.5 Å². The highest BCUT2D eigenvalue weighted by Crippen LogP contribution is 2.43. The molecule has 2 aliphatic heterocycles. The van der Waals surface area contributed by atoms with Gasteiger partial charge >= 0.3 is 5.97 Å². The Hall–Kier alpha value is -3.55. The van der Waals surface area contributed by atoms with Gasteiger partial charge in [0.05, 0.1) is 19.3 Å². The number of esters is 1. The van der Waals surface area contributed by atoms with Crippen molar-refractivity contribution in [3.8, 4) is 11.5 Å². The Labute approximate surface area is 168 Å². The van der Waals surface area contributed by atoms with E-state index in [1.807, 2.05) is 41.3 Å². The van der Waals surface area contributed by atoms with Crippen LogP contribution in [0.3, 0.4) is 0 Å². The van der Waals surface area contributed by atoms with Gasteiger partial charge in [-0.1, -0.05) is 30.3 Å². The molecule has 0 spiro atoms. The van der Waals surface area contributed by atoms with Crippen molar-refractivity contribution in [2.75, 3.05) is 20.3 Å². The van der Waals surface area contributed by atoms with Crippen LogP contribution in [0.15, 0.2) is 47.5 Å². The number of aliphatic imine (C=N–C) groups is 1. The summed E-state index contributed by atoms with van der Waals surface area (Å²) in [6.45, 7) is 2.15. The average Bonchev–Trinajstić information content (AvgIpc) is 3.04. The van der Waals surface area contributed by atoms with E-state index >= 15 is 0 Å². The Morgan fingerprint density at radius 2 is 2.00 bits per heavy atom. The van der Waals surface area contributed by atoms with E-state index in [0.717, 1.165) is 16.8 Å². The normalized spacial score (nSPS) is 17.0. The number of benzene rings is 2. The van der Waals surface area contributed by atoms with Gasteiger partial charge in [-0.15, -0.1) is 0 Å². The zero-order valence-corrected chi connectivity index (χ0v) is 16.2. The number of carbonyl (C=O) groups excluding carboxylic acids is 2. The number of nitrogens with one attached hydrogen (secondary N) is 1. The van der Waals surface area contributed by atoms with Crippen molar-refractivity contribution in [1.82, 2.24) is 10.2 Å². The molecule has 29 heavy (non-hydrogen) atoms. The topological polar surface area (TPSA) is 89.5 Å². The Kier molecular flexibility index (Phi) is 5.07. The summed E-state index contributed by atoms with van der Waals surface area (Å²) in [5.74, 6) is 1.15. The number of methoxy groups -OCH3 is 1. The number of hydrogen-bond donors (Lipinski definition) is 1. The fraction of sp³-hybridized carbons (Fsp3) is 0.286. The number of rotatable bonds is 6. The first-order valence-corrected chi connectivity index (χ1v) is 9.25. The summed E-state index contributed by atoms with van der Waals surface area (Å²) in [4.78, 5) is 30.0. The lowest BCUT2D eigenvalue weighted by molar-refractivity contribution is -0.141. The standard InChI is InChI=1S/C21H21N3O5/c1-13(25)28-10-11-29-17-9-8-16-15(19(17)27-2)12-24-18(14-6-4-3-5-7-14)20(26)23-21(24)22-16/h3-9,18H,10-12H2,1-2H3,(H,22,23,26). The van der Waals surface area contributed by atoms with Gasteiger partial charge in [0.1, 0.15) is 19.3 Å². The highest BCUT2D eigenvalue weighted by Gasteiger charge is 2.41. The number of hydrogen-bond acceptors (Lipinski definition) is 7. The minimum Gasteiger partial charge on any atom is -0.492 e. The summed E-state index contributed by atoms with van der Waals surface area (Å²) in [7, 11) is 1.57. The van der Waals surface area contributed by atoms with Gasteiger partial charge in [0.2, 0.25) is 5.96 Å². The van der Waals surface area contributed by atoms with E-state index in [1.165, 1.54) is 6.92 Å². The summed E-state index contributed by atoms with van der Waals surface area (Å²) < 4.78 is 16.2. The molecule has 1 fully saturated rings. The largest absolute Gasteiger partial charge is 0.492 e. The molecule has 0 radical (unpaired) electrons. The maximum Gasteiger partial charge on any atom is 0.302 e. The number of guanidine groups is 1.